The van der Waals surface area contributed by atoms with Crippen molar-refractivity contribution < 1.29 is 19.1 Å². The van der Waals surface area contributed by atoms with E-state index in [1.807, 2.05) is 0 Å². The molecule has 0 aromatic carbocycles. The van der Waals surface area contributed by atoms with Crippen molar-refractivity contribution in [2.75, 3.05) is 26.3 Å². The molecule has 0 N–H and O–H groups in total. The molecule has 6 heteroatoms. The maximum Gasteiger partial charge on any atom is 0.327 e. The van der Waals surface area contributed by atoms with Gasteiger partial charge in [-0.2, -0.15) is 0 Å². The molecule has 3 fully saturated rings. The third kappa shape index (κ3) is 1.81. The Bertz CT molecular complexity index is 374. The molecule has 0 aliphatic carbocycles. The van der Waals surface area contributed by atoms with Gasteiger partial charge in [-0.3, -0.25) is 9.69 Å². The summed E-state index contributed by atoms with van der Waals surface area (Å²) in [4.78, 5) is 27.3. The Labute approximate surface area is 99.4 Å². The Morgan fingerprint density at radius 2 is 1.71 bits per heavy atom. The molecular formula is C11H16N2O4. The molecule has 2 atom stereocenters. The standard InChI is InChI=1S/C11H16N2O4/c1-11(2)9(14)12(3-7-5-16-7)10(15)13(11)4-8-6-17-8/h7-8H,3-6H2,1-2H3/t7-,8+/m1/s1. The Kier molecular flexibility index (Phi) is 2.21. The summed E-state index contributed by atoms with van der Waals surface area (Å²) in [5.74, 6) is -0.140. The van der Waals surface area contributed by atoms with Crippen molar-refractivity contribution in [3.05, 3.63) is 0 Å². The number of hydrogen-bond donors (Lipinski definition) is 0. The predicted molar refractivity (Wildman–Crippen MR) is 57.4 cm³/mol. The van der Waals surface area contributed by atoms with Gasteiger partial charge in [-0.25, -0.2) is 4.79 Å². The maximum absolute atomic E-state index is 12.2. The Balaban J connectivity index is 1.77. The SMILES string of the molecule is CC1(C)C(=O)N(C[C@@H]2CO2)C(=O)N1C[C@H]1CO1. The smallest absolute Gasteiger partial charge is 0.327 e. The lowest BCUT2D eigenvalue weighted by Gasteiger charge is -2.26. The van der Waals surface area contributed by atoms with E-state index in [-0.39, 0.29) is 24.1 Å². The molecule has 0 spiro atoms. The molecule has 0 radical (unpaired) electrons. The Morgan fingerprint density at radius 3 is 2.24 bits per heavy atom. The topological polar surface area (TPSA) is 65.7 Å². The summed E-state index contributed by atoms with van der Waals surface area (Å²) in [5, 5.41) is 0. The van der Waals surface area contributed by atoms with E-state index in [1.54, 1.807) is 18.7 Å². The van der Waals surface area contributed by atoms with Crippen LogP contribution in [0.4, 0.5) is 4.79 Å². The van der Waals surface area contributed by atoms with Crippen molar-refractivity contribution in [2.45, 2.75) is 31.6 Å². The van der Waals surface area contributed by atoms with Gasteiger partial charge in [0.05, 0.1) is 38.5 Å². The minimum absolute atomic E-state index is 0.0378. The third-order valence-electron chi connectivity index (χ3n) is 3.48. The molecular weight excluding hydrogens is 224 g/mol. The fourth-order valence-corrected chi connectivity index (χ4v) is 2.14. The summed E-state index contributed by atoms with van der Waals surface area (Å²) >= 11 is 0. The first kappa shape index (κ1) is 11.0. The number of epoxide rings is 2. The van der Waals surface area contributed by atoms with Crippen molar-refractivity contribution >= 4 is 11.9 Å². The first-order chi connectivity index (χ1) is 8.00. The van der Waals surface area contributed by atoms with Crippen molar-refractivity contribution in [1.82, 2.24) is 9.80 Å². The quantitative estimate of drug-likeness (QED) is 0.505. The second-order valence-corrected chi connectivity index (χ2v) is 5.28. The second-order valence-electron chi connectivity index (χ2n) is 5.28. The molecule has 0 saturated carbocycles. The highest BCUT2D eigenvalue weighted by Gasteiger charge is 2.53. The average Bonchev–Trinajstić information content (AvgIpc) is 3.12. The van der Waals surface area contributed by atoms with Gasteiger partial charge in [0.2, 0.25) is 0 Å². The van der Waals surface area contributed by atoms with Crippen LogP contribution in [0.15, 0.2) is 0 Å². The van der Waals surface area contributed by atoms with Crippen LogP contribution in [-0.4, -0.2) is 65.8 Å². The van der Waals surface area contributed by atoms with Gasteiger partial charge in [-0.15, -0.1) is 0 Å². The van der Waals surface area contributed by atoms with Crippen LogP contribution >= 0.6 is 0 Å². The van der Waals surface area contributed by atoms with Gasteiger partial charge in [-0.1, -0.05) is 0 Å². The minimum Gasteiger partial charge on any atom is -0.371 e. The number of amides is 3. The van der Waals surface area contributed by atoms with Crippen LogP contribution in [0, 0.1) is 0 Å². The maximum atomic E-state index is 12.2. The van der Waals surface area contributed by atoms with Crippen LogP contribution in [0.2, 0.25) is 0 Å². The normalized spacial score (nSPS) is 34.5. The third-order valence-corrected chi connectivity index (χ3v) is 3.48. The van der Waals surface area contributed by atoms with E-state index in [0.717, 1.165) is 0 Å². The van der Waals surface area contributed by atoms with Gasteiger partial charge in [0.1, 0.15) is 5.54 Å². The fraction of sp³-hybridized carbons (Fsp3) is 0.818. The molecule has 17 heavy (non-hydrogen) atoms. The van der Waals surface area contributed by atoms with E-state index in [1.165, 1.54) is 4.90 Å². The van der Waals surface area contributed by atoms with Crippen molar-refractivity contribution in [3.8, 4) is 0 Å². The number of imide groups is 1. The van der Waals surface area contributed by atoms with Crippen LogP contribution in [0.25, 0.3) is 0 Å². The number of urea groups is 1. The largest absolute Gasteiger partial charge is 0.371 e. The van der Waals surface area contributed by atoms with Crippen molar-refractivity contribution in [2.24, 2.45) is 0 Å². The van der Waals surface area contributed by atoms with E-state index in [4.69, 9.17) is 9.47 Å². The first-order valence-electron chi connectivity index (χ1n) is 5.87. The van der Waals surface area contributed by atoms with Crippen LogP contribution in [0.3, 0.4) is 0 Å². The molecule has 0 aromatic heterocycles. The summed E-state index contributed by atoms with van der Waals surface area (Å²) < 4.78 is 10.2. The van der Waals surface area contributed by atoms with Crippen molar-refractivity contribution in [3.63, 3.8) is 0 Å². The van der Waals surface area contributed by atoms with E-state index in [2.05, 4.69) is 0 Å². The van der Waals surface area contributed by atoms with Gasteiger partial charge >= 0.3 is 6.03 Å². The van der Waals surface area contributed by atoms with Crippen molar-refractivity contribution in [1.29, 1.82) is 0 Å². The van der Waals surface area contributed by atoms with Gasteiger partial charge in [0.25, 0.3) is 5.91 Å². The highest BCUT2D eigenvalue weighted by Crippen LogP contribution is 2.30. The van der Waals surface area contributed by atoms with Gasteiger partial charge in [-0.05, 0) is 13.8 Å². The summed E-state index contributed by atoms with van der Waals surface area (Å²) in [6.07, 6.45) is 0.138. The van der Waals surface area contributed by atoms with E-state index >= 15 is 0 Å². The van der Waals surface area contributed by atoms with Crippen LogP contribution < -0.4 is 0 Å². The lowest BCUT2D eigenvalue weighted by molar-refractivity contribution is -0.132. The van der Waals surface area contributed by atoms with Gasteiger partial charge in [0.15, 0.2) is 0 Å². The molecule has 3 rings (SSSR count). The van der Waals surface area contributed by atoms with E-state index < -0.39 is 5.54 Å². The molecule has 0 aromatic rings. The molecule has 3 amide bonds. The summed E-state index contributed by atoms with van der Waals surface area (Å²) in [5.41, 5.74) is -0.766. The molecule has 6 nitrogen and oxygen atoms in total. The van der Waals surface area contributed by atoms with Gasteiger partial charge in [0, 0.05) is 0 Å². The predicted octanol–water partition coefficient (Wildman–Crippen LogP) is -0.173. The van der Waals surface area contributed by atoms with Crippen LogP contribution in [-0.2, 0) is 14.3 Å². The summed E-state index contributed by atoms with van der Waals surface area (Å²) in [7, 11) is 0. The number of carbonyl (C=O) groups excluding carboxylic acids is 2. The van der Waals surface area contributed by atoms with E-state index in [9.17, 15) is 9.59 Å². The number of nitrogens with zero attached hydrogens (tertiary/aromatic N) is 2. The lowest BCUT2D eigenvalue weighted by Crippen LogP contribution is -2.45. The second kappa shape index (κ2) is 3.43. The summed E-state index contributed by atoms with van der Waals surface area (Å²) in [6, 6.07) is -0.217. The average molecular weight is 240 g/mol. The number of hydrogen-bond acceptors (Lipinski definition) is 4. The Morgan fingerprint density at radius 1 is 1.18 bits per heavy atom. The summed E-state index contributed by atoms with van der Waals surface area (Å²) in [6.45, 7) is 5.76. The molecule has 0 unspecified atom stereocenters. The van der Waals surface area contributed by atoms with Crippen LogP contribution in [0.5, 0.6) is 0 Å². The molecule has 3 aliphatic heterocycles. The van der Waals surface area contributed by atoms with Gasteiger partial charge < -0.3 is 14.4 Å². The Hall–Kier alpha value is -1.14. The number of ether oxygens (including phenoxy) is 2. The van der Waals surface area contributed by atoms with Crippen LogP contribution in [0.1, 0.15) is 13.8 Å². The molecule has 94 valence electrons. The zero-order valence-corrected chi connectivity index (χ0v) is 10.0. The molecule has 3 saturated heterocycles. The number of carbonyl (C=O) groups is 2. The fourth-order valence-electron chi connectivity index (χ4n) is 2.14. The molecule has 3 aliphatic rings. The number of rotatable bonds is 4. The van der Waals surface area contributed by atoms with E-state index in [0.29, 0.717) is 26.3 Å². The molecule has 3 heterocycles. The zero-order chi connectivity index (χ0) is 12.2. The highest BCUT2D eigenvalue weighted by atomic mass is 16.6. The lowest BCUT2D eigenvalue weighted by atomic mass is 10.0. The first-order valence-corrected chi connectivity index (χ1v) is 5.87. The minimum atomic E-state index is -0.766. The molecule has 0 bridgehead atoms. The monoisotopic (exact) mass is 240 g/mol. The zero-order valence-electron chi connectivity index (χ0n) is 10.0. The highest BCUT2D eigenvalue weighted by molar-refractivity contribution is 6.06.